The second kappa shape index (κ2) is 18.3. The van der Waals surface area contributed by atoms with Crippen molar-refractivity contribution < 1.29 is 47.7 Å². The molecule has 40 heavy (non-hydrogen) atoms. The molecule has 1 aromatic rings. The summed E-state index contributed by atoms with van der Waals surface area (Å²) in [6, 6.07) is 7.34. The minimum atomic E-state index is -0.759. The van der Waals surface area contributed by atoms with Crippen LogP contribution in [0.15, 0.2) is 24.3 Å². The molecule has 0 aliphatic heterocycles. The maximum Gasteiger partial charge on any atom is 0.332 e. The number of esters is 4. The first-order chi connectivity index (χ1) is 18.6. The lowest BCUT2D eigenvalue weighted by atomic mass is 9.56. The van der Waals surface area contributed by atoms with Crippen LogP contribution < -0.4 is 11.8 Å². The number of carbonyl (C=O) groups excluding carboxylic acids is 5. The van der Waals surface area contributed by atoms with E-state index in [1.807, 2.05) is 19.1 Å². The number of aryl methyl sites for hydroxylation is 1. The van der Waals surface area contributed by atoms with E-state index in [-0.39, 0.29) is 25.0 Å². The van der Waals surface area contributed by atoms with Crippen LogP contribution in [0, 0.1) is 12.3 Å². The van der Waals surface area contributed by atoms with Gasteiger partial charge in [-0.3, -0.25) is 24.0 Å². The molecule has 0 spiro atoms. The first-order valence-corrected chi connectivity index (χ1v) is 12.8. The molecule has 222 valence electrons. The van der Waals surface area contributed by atoms with E-state index < -0.39 is 54.8 Å². The summed E-state index contributed by atoms with van der Waals surface area (Å²) in [6.45, 7) is 9.06. The lowest BCUT2D eigenvalue weighted by molar-refractivity contribution is -0.165. The van der Waals surface area contributed by atoms with Crippen molar-refractivity contribution in [2.24, 2.45) is 17.2 Å². The molecule has 0 aromatic heterocycles. The van der Waals surface area contributed by atoms with Gasteiger partial charge in [0.25, 0.3) is 0 Å². The highest BCUT2D eigenvalue weighted by Gasteiger charge is 2.33. The number of benzene rings is 1. The average Bonchev–Trinajstić information content (AvgIpc) is 2.92. The van der Waals surface area contributed by atoms with Gasteiger partial charge < -0.3 is 23.7 Å². The van der Waals surface area contributed by atoms with Crippen molar-refractivity contribution in [2.45, 2.75) is 78.7 Å². The predicted octanol–water partition coefficient (Wildman–Crippen LogP) is 2.95. The summed E-state index contributed by atoms with van der Waals surface area (Å²) >= 11 is 0. The smallest absolute Gasteiger partial charge is 0.332 e. The topological polar surface area (TPSA) is 184 Å². The number of carbonyl (C=O) groups is 5. The van der Waals surface area contributed by atoms with Crippen LogP contribution in [0.25, 0.3) is 0 Å². The van der Waals surface area contributed by atoms with Crippen molar-refractivity contribution in [3.63, 3.8) is 0 Å². The van der Waals surface area contributed by atoms with Gasteiger partial charge in [-0.05, 0) is 40.5 Å². The van der Waals surface area contributed by atoms with Crippen molar-refractivity contribution in [2.75, 3.05) is 14.2 Å². The van der Waals surface area contributed by atoms with Crippen LogP contribution in [0.1, 0.15) is 62.4 Å². The molecule has 0 bridgehead atoms. The van der Waals surface area contributed by atoms with Gasteiger partial charge in [0.15, 0.2) is 5.78 Å². The van der Waals surface area contributed by atoms with Crippen molar-refractivity contribution in [1.29, 1.82) is 0 Å². The van der Waals surface area contributed by atoms with Crippen LogP contribution in [-0.4, -0.2) is 57.7 Å². The second-order valence-corrected chi connectivity index (χ2v) is 10.3. The van der Waals surface area contributed by atoms with Gasteiger partial charge in [-0.25, -0.2) is 11.8 Å². The molecule has 14 heteroatoms. The highest BCUT2D eigenvalue weighted by Crippen LogP contribution is 2.22. The Balaban J connectivity index is 0.000000760. The molecule has 1 aromatic carbocycles. The number of hydrogen-bond acceptors (Lipinski definition) is 12. The fourth-order valence-electron chi connectivity index (χ4n) is 3.33. The van der Waals surface area contributed by atoms with Crippen LogP contribution in [0.3, 0.4) is 0 Å². The van der Waals surface area contributed by atoms with E-state index >= 15 is 0 Å². The van der Waals surface area contributed by atoms with Gasteiger partial charge in [-0.15, -0.1) is 0 Å². The summed E-state index contributed by atoms with van der Waals surface area (Å²) < 4.78 is 23.3. The zero-order valence-electron chi connectivity index (χ0n) is 24.7. The third kappa shape index (κ3) is 13.3. The number of rotatable bonds is 13. The summed E-state index contributed by atoms with van der Waals surface area (Å²) in [6.07, 6.45) is 0.616. The standard InChI is InChI=1S/C14H20BNO4.C12H22BNO6/c1-10-4-6-11(7-5-10)13(17)9-8-12(14(18)19-3)15(2)20-16;1-12(2,3)11(17)19-9(15)7-6-8(10(16)18-5)13(4)20-14/h4-7,12H,8-9,16H2,1-3H3;8H,6-7,14H2,1-5H3/t12-;8-/m00/s1. The van der Waals surface area contributed by atoms with Gasteiger partial charge in [0.2, 0.25) is 0 Å². The van der Waals surface area contributed by atoms with Gasteiger partial charge in [0.05, 0.1) is 31.3 Å². The highest BCUT2D eigenvalue weighted by atomic mass is 16.6. The van der Waals surface area contributed by atoms with Crippen LogP contribution in [0.5, 0.6) is 0 Å². The lowest BCUT2D eigenvalue weighted by Gasteiger charge is -2.18. The monoisotopic (exact) mass is 564 g/mol. The van der Waals surface area contributed by atoms with Crippen LogP contribution in [0.4, 0.5) is 0 Å². The van der Waals surface area contributed by atoms with Gasteiger partial charge in [-0.2, -0.15) is 0 Å². The third-order valence-corrected chi connectivity index (χ3v) is 6.10. The number of Topliss-reactive ketones (excluding diaryl/α,β-unsaturated/α-hetero) is 1. The Hall–Kier alpha value is -3.06. The molecule has 4 N–H and O–H groups in total. The molecule has 12 nitrogen and oxygen atoms in total. The number of ether oxygens (including phenoxy) is 3. The number of hydrogen-bond donors (Lipinski definition) is 2. The molecule has 0 amide bonds. The summed E-state index contributed by atoms with van der Waals surface area (Å²) in [5, 5.41) is 0. The largest absolute Gasteiger partial charge is 0.469 e. The Morgan fingerprint density at radius 3 is 1.60 bits per heavy atom. The van der Waals surface area contributed by atoms with Crippen molar-refractivity contribution >= 4 is 43.5 Å². The zero-order valence-corrected chi connectivity index (χ0v) is 24.7. The summed E-state index contributed by atoms with van der Waals surface area (Å²) in [5.41, 5.74) is 0.977. The van der Waals surface area contributed by atoms with Crippen molar-refractivity contribution in [3.05, 3.63) is 35.4 Å². The molecule has 0 saturated heterocycles. The minimum absolute atomic E-state index is 0.0110. The number of ketones is 1. The van der Waals surface area contributed by atoms with Gasteiger partial charge in [0, 0.05) is 18.4 Å². The van der Waals surface area contributed by atoms with Crippen LogP contribution in [0.2, 0.25) is 25.3 Å². The SMILES string of the molecule is COC(=O)[C@H](CCC(=O)OC(=O)C(C)(C)C)B(C)ON.COC(=O)[C@H](CCC(=O)c1ccc(C)cc1)B(C)ON. The average molecular weight is 564 g/mol. The Morgan fingerprint density at radius 1 is 0.800 bits per heavy atom. The fourth-order valence-corrected chi connectivity index (χ4v) is 3.33. The van der Waals surface area contributed by atoms with Crippen molar-refractivity contribution in [3.8, 4) is 0 Å². The third-order valence-electron chi connectivity index (χ3n) is 6.10. The van der Waals surface area contributed by atoms with Crippen LogP contribution >= 0.6 is 0 Å². The number of methoxy groups -OCH3 is 2. The molecule has 2 atom stereocenters. The van der Waals surface area contributed by atoms with Gasteiger partial charge in [-0.1, -0.05) is 43.5 Å². The van der Waals surface area contributed by atoms with E-state index in [2.05, 4.69) is 19.0 Å². The van der Waals surface area contributed by atoms with E-state index in [0.29, 0.717) is 12.0 Å². The van der Waals surface area contributed by atoms with Gasteiger partial charge in [0.1, 0.15) is 0 Å². The highest BCUT2D eigenvalue weighted by molar-refractivity contribution is 6.56. The Morgan fingerprint density at radius 2 is 1.23 bits per heavy atom. The van der Waals surface area contributed by atoms with Gasteiger partial charge >= 0.3 is 37.7 Å². The first kappa shape index (κ1) is 36.9. The molecule has 0 aliphatic rings. The zero-order chi connectivity index (χ0) is 31.0. The molecule has 0 unspecified atom stereocenters. The van der Waals surface area contributed by atoms with E-state index in [1.54, 1.807) is 46.6 Å². The fraction of sp³-hybridized carbons (Fsp3) is 0.577. The molecule has 0 saturated carbocycles. The normalized spacial score (nSPS) is 12.2. The Bertz CT molecular complexity index is 983. The maximum atomic E-state index is 12.1. The van der Waals surface area contributed by atoms with E-state index in [1.165, 1.54) is 14.2 Å². The predicted molar refractivity (Wildman–Crippen MR) is 150 cm³/mol. The first-order valence-electron chi connectivity index (χ1n) is 12.8. The quantitative estimate of drug-likeness (QED) is 0.0893. The summed E-state index contributed by atoms with van der Waals surface area (Å²) in [4.78, 5) is 58.3. The van der Waals surface area contributed by atoms with E-state index in [4.69, 9.17) is 16.5 Å². The molecule has 1 rings (SSSR count). The Kier molecular flexibility index (Phi) is 16.9. The van der Waals surface area contributed by atoms with E-state index in [9.17, 15) is 24.0 Å². The van der Waals surface area contributed by atoms with Crippen molar-refractivity contribution in [1.82, 2.24) is 0 Å². The maximum absolute atomic E-state index is 12.1. The van der Waals surface area contributed by atoms with E-state index in [0.717, 1.165) is 5.56 Å². The summed E-state index contributed by atoms with van der Waals surface area (Å²) in [5.74, 6) is 6.64. The molecule has 0 fully saturated rings. The molecule has 0 aliphatic carbocycles. The molecule has 0 radical (unpaired) electrons. The number of nitrogens with two attached hydrogens (primary N) is 2. The second-order valence-electron chi connectivity index (χ2n) is 10.3. The molecule has 0 heterocycles. The lowest BCUT2D eigenvalue weighted by Crippen LogP contribution is -2.32. The van der Waals surface area contributed by atoms with Crippen LogP contribution in [-0.2, 0) is 42.9 Å². The Labute approximate surface area is 236 Å². The molecular formula is C26H42B2N2O10. The molecular weight excluding hydrogens is 522 g/mol. The summed E-state index contributed by atoms with van der Waals surface area (Å²) in [7, 11) is 2.54. The minimum Gasteiger partial charge on any atom is -0.469 e.